The fourth-order valence-corrected chi connectivity index (χ4v) is 7.47. The van der Waals surface area contributed by atoms with E-state index in [1.807, 2.05) is 0 Å². The number of nitrogens with zero attached hydrogens (tertiary/aromatic N) is 1. The molecule has 4 heteroatoms. The van der Waals surface area contributed by atoms with Crippen LogP contribution in [-0.4, -0.2) is 49.2 Å². The Labute approximate surface area is 181 Å². The minimum atomic E-state index is -0.175. The zero-order chi connectivity index (χ0) is 20.8. The molecule has 1 heterocycles. The average Bonchev–Trinajstić information content (AvgIpc) is 2.97. The summed E-state index contributed by atoms with van der Waals surface area (Å²) < 4.78 is 5.52. The molecule has 4 saturated carbocycles. The molecule has 1 aliphatic heterocycles. The van der Waals surface area contributed by atoms with Crippen molar-refractivity contribution in [3.8, 4) is 0 Å². The number of ether oxygens (including phenoxy) is 1. The molecule has 4 atom stereocenters. The highest BCUT2D eigenvalue weighted by Crippen LogP contribution is 2.63. The van der Waals surface area contributed by atoms with E-state index in [1.54, 1.807) is 0 Å². The van der Waals surface area contributed by atoms with E-state index in [0.717, 1.165) is 58.0 Å². The summed E-state index contributed by atoms with van der Waals surface area (Å²) in [5, 5.41) is 3.45. The van der Waals surface area contributed by atoms with Gasteiger partial charge >= 0.3 is 0 Å². The minimum absolute atomic E-state index is 0.0336. The average molecular weight is 411 g/mol. The lowest BCUT2D eigenvalue weighted by atomic mass is 9.52. The Bertz CT molecular complexity index is 772. The van der Waals surface area contributed by atoms with Gasteiger partial charge in [0.25, 0.3) is 0 Å². The third kappa shape index (κ3) is 3.60. The maximum Gasteiger partial charge on any atom is 0.226 e. The fraction of sp³-hybridized carbons (Fsp3) is 0.731. The first-order valence-electron chi connectivity index (χ1n) is 12.1. The van der Waals surface area contributed by atoms with Crippen LogP contribution in [0.2, 0.25) is 0 Å². The third-order valence-corrected chi connectivity index (χ3v) is 8.83. The molecule has 164 valence electrons. The van der Waals surface area contributed by atoms with E-state index in [4.69, 9.17) is 4.74 Å². The monoisotopic (exact) mass is 410 g/mol. The number of amides is 1. The molecule has 1 aromatic rings. The highest BCUT2D eigenvalue weighted by molar-refractivity contribution is 5.83. The largest absolute Gasteiger partial charge is 0.379 e. The van der Waals surface area contributed by atoms with Crippen molar-refractivity contribution in [3.05, 3.63) is 35.9 Å². The van der Waals surface area contributed by atoms with E-state index < -0.39 is 0 Å². The summed E-state index contributed by atoms with van der Waals surface area (Å²) in [6, 6.07) is 11.1. The van der Waals surface area contributed by atoms with Crippen LogP contribution in [0.3, 0.4) is 0 Å². The summed E-state index contributed by atoms with van der Waals surface area (Å²) in [6.45, 7) is 8.74. The van der Waals surface area contributed by atoms with Gasteiger partial charge in [0.1, 0.15) is 0 Å². The van der Waals surface area contributed by atoms with Gasteiger partial charge in [-0.3, -0.25) is 9.69 Å². The van der Waals surface area contributed by atoms with E-state index in [1.165, 1.54) is 31.2 Å². The Balaban J connectivity index is 1.36. The molecule has 6 rings (SSSR count). The second-order valence-electron chi connectivity index (χ2n) is 11.3. The predicted octanol–water partition coefficient (Wildman–Crippen LogP) is 4.14. The Hall–Kier alpha value is -1.39. The minimum Gasteiger partial charge on any atom is -0.379 e. The fourth-order valence-electron chi connectivity index (χ4n) is 7.47. The molecule has 4 unspecified atom stereocenters. The quantitative estimate of drug-likeness (QED) is 0.793. The number of hydrogen-bond donors (Lipinski definition) is 1. The van der Waals surface area contributed by atoms with E-state index in [-0.39, 0.29) is 16.4 Å². The number of nitrogens with one attached hydrogen (secondary N) is 1. The molecular weight excluding hydrogens is 372 g/mol. The maximum absolute atomic E-state index is 13.8. The molecule has 0 radical (unpaired) electrons. The highest BCUT2D eigenvalue weighted by Gasteiger charge is 2.58. The molecule has 4 nitrogen and oxygen atoms in total. The molecule has 0 aromatic heterocycles. The first kappa shape index (κ1) is 20.5. The topological polar surface area (TPSA) is 41.6 Å². The Morgan fingerprint density at radius 1 is 1.13 bits per heavy atom. The van der Waals surface area contributed by atoms with Crippen molar-refractivity contribution >= 4 is 5.91 Å². The van der Waals surface area contributed by atoms with Gasteiger partial charge in [0.15, 0.2) is 0 Å². The smallest absolute Gasteiger partial charge is 0.226 e. The van der Waals surface area contributed by atoms with Crippen molar-refractivity contribution in [2.45, 2.75) is 69.7 Å². The van der Waals surface area contributed by atoms with Crippen molar-refractivity contribution in [2.75, 3.05) is 32.8 Å². The number of morpholine rings is 1. The van der Waals surface area contributed by atoms with Gasteiger partial charge in [0.2, 0.25) is 5.91 Å². The summed E-state index contributed by atoms with van der Waals surface area (Å²) >= 11 is 0. The molecule has 30 heavy (non-hydrogen) atoms. The van der Waals surface area contributed by atoms with Gasteiger partial charge in [-0.05, 0) is 81.6 Å². The first-order chi connectivity index (χ1) is 14.4. The van der Waals surface area contributed by atoms with Crippen LogP contribution < -0.4 is 5.32 Å². The van der Waals surface area contributed by atoms with Crippen LogP contribution >= 0.6 is 0 Å². The van der Waals surface area contributed by atoms with Crippen LogP contribution in [0, 0.1) is 17.3 Å². The molecule has 1 amide bonds. The van der Waals surface area contributed by atoms with Gasteiger partial charge in [0, 0.05) is 25.2 Å². The maximum atomic E-state index is 13.8. The molecular formula is C26H38N2O2. The standard InChI is InChI=1S/C26H38N2O2/c1-24(2,28-10-12-30-13-11-28)19-27-23(29)25-9-8-20-14-21(16-25)17-26(15-20,18-25)22-6-4-3-5-7-22/h3-7,20-21H,8-19H2,1-2H3,(H,27,29). The molecule has 0 spiro atoms. The SMILES string of the molecule is CC(C)(CNC(=O)C12CCC3CC(C1)CC(c1ccccc1)(C3)C2)N1CCOCC1. The Morgan fingerprint density at radius 2 is 1.87 bits per heavy atom. The summed E-state index contributed by atoms with van der Waals surface area (Å²) in [4.78, 5) is 16.3. The van der Waals surface area contributed by atoms with Gasteiger partial charge in [-0.25, -0.2) is 0 Å². The van der Waals surface area contributed by atoms with Gasteiger partial charge in [0.05, 0.1) is 18.6 Å². The highest BCUT2D eigenvalue weighted by atomic mass is 16.5. The van der Waals surface area contributed by atoms with Crippen molar-refractivity contribution in [1.82, 2.24) is 10.2 Å². The van der Waals surface area contributed by atoms with Crippen LogP contribution in [-0.2, 0) is 14.9 Å². The molecule has 1 saturated heterocycles. The second-order valence-corrected chi connectivity index (χ2v) is 11.3. The zero-order valence-electron chi connectivity index (χ0n) is 18.8. The lowest BCUT2D eigenvalue weighted by Gasteiger charge is -2.52. The zero-order valence-corrected chi connectivity index (χ0v) is 18.8. The number of benzene rings is 1. The van der Waals surface area contributed by atoms with Crippen molar-refractivity contribution in [3.63, 3.8) is 0 Å². The van der Waals surface area contributed by atoms with Crippen molar-refractivity contribution in [2.24, 2.45) is 17.3 Å². The molecule has 1 N–H and O–H groups in total. The number of hydrogen-bond acceptors (Lipinski definition) is 3. The molecule has 1 aromatic carbocycles. The van der Waals surface area contributed by atoms with Gasteiger partial charge in [-0.2, -0.15) is 0 Å². The number of carbonyl (C=O) groups excluding carboxylic acids is 1. The molecule has 4 aliphatic carbocycles. The van der Waals surface area contributed by atoms with Gasteiger partial charge in [-0.15, -0.1) is 0 Å². The Morgan fingerprint density at radius 3 is 2.63 bits per heavy atom. The number of fused-ring (bicyclic) bond motifs is 1. The van der Waals surface area contributed by atoms with Crippen molar-refractivity contribution < 1.29 is 9.53 Å². The second kappa shape index (κ2) is 7.63. The van der Waals surface area contributed by atoms with Crippen LogP contribution in [0.25, 0.3) is 0 Å². The van der Waals surface area contributed by atoms with E-state index >= 15 is 0 Å². The molecule has 4 bridgehead atoms. The van der Waals surface area contributed by atoms with Crippen molar-refractivity contribution in [1.29, 1.82) is 0 Å². The molecule has 5 fully saturated rings. The summed E-state index contributed by atoms with van der Waals surface area (Å²) in [7, 11) is 0. The third-order valence-electron chi connectivity index (χ3n) is 8.83. The normalized spacial score (nSPS) is 36.5. The van der Waals surface area contributed by atoms with E-state index in [0.29, 0.717) is 11.8 Å². The first-order valence-corrected chi connectivity index (χ1v) is 12.1. The van der Waals surface area contributed by atoms with E-state index in [2.05, 4.69) is 54.4 Å². The summed E-state index contributed by atoms with van der Waals surface area (Å²) in [6.07, 6.45) is 8.34. The number of rotatable bonds is 5. The summed E-state index contributed by atoms with van der Waals surface area (Å²) in [5.41, 5.74) is 1.48. The number of carbonyl (C=O) groups is 1. The summed E-state index contributed by atoms with van der Waals surface area (Å²) in [5.74, 6) is 1.83. The lowest BCUT2D eigenvalue weighted by molar-refractivity contribution is -0.137. The van der Waals surface area contributed by atoms with Gasteiger partial charge < -0.3 is 10.1 Å². The van der Waals surface area contributed by atoms with Crippen LogP contribution in [0.1, 0.15) is 64.4 Å². The predicted molar refractivity (Wildman–Crippen MR) is 119 cm³/mol. The van der Waals surface area contributed by atoms with Crippen LogP contribution in [0.5, 0.6) is 0 Å². The van der Waals surface area contributed by atoms with Crippen LogP contribution in [0.15, 0.2) is 30.3 Å². The lowest BCUT2D eigenvalue weighted by Crippen LogP contribution is -2.58. The van der Waals surface area contributed by atoms with Gasteiger partial charge in [-0.1, -0.05) is 30.3 Å². The Kier molecular flexibility index (Phi) is 5.22. The van der Waals surface area contributed by atoms with Crippen LogP contribution in [0.4, 0.5) is 0 Å². The van der Waals surface area contributed by atoms with E-state index in [9.17, 15) is 4.79 Å². The molecule has 5 aliphatic rings.